The van der Waals surface area contributed by atoms with Crippen molar-refractivity contribution in [3.05, 3.63) is 71.1 Å². The highest BCUT2D eigenvalue weighted by molar-refractivity contribution is 5.94. The Morgan fingerprint density at radius 2 is 2.00 bits per heavy atom. The Balaban J connectivity index is 1.53. The van der Waals surface area contributed by atoms with Crippen LogP contribution in [-0.4, -0.2) is 47.6 Å². The number of halogens is 1. The van der Waals surface area contributed by atoms with Crippen LogP contribution in [0.1, 0.15) is 52.1 Å². The van der Waals surface area contributed by atoms with Gasteiger partial charge in [0.2, 0.25) is 5.91 Å². The summed E-state index contributed by atoms with van der Waals surface area (Å²) in [7, 11) is 0. The molecule has 4 aromatic rings. The molecule has 5 rings (SSSR count). The molecule has 0 bridgehead atoms. The number of hydrogen-bond donors (Lipinski definition) is 1. The van der Waals surface area contributed by atoms with E-state index in [4.69, 9.17) is 5.73 Å². The number of amides is 2. The van der Waals surface area contributed by atoms with Crippen LogP contribution in [0.5, 0.6) is 0 Å². The third-order valence-corrected chi connectivity index (χ3v) is 6.07. The summed E-state index contributed by atoms with van der Waals surface area (Å²) in [5, 5.41) is 8.79. The largest absolute Gasteiger partial charge is 0.366 e. The van der Waals surface area contributed by atoms with Crippen molar-refractivity contribution in [3.63, 3.8) is 0 Å². The average molecular weight is 447 g/mol. The second-order valence-electron chi connectivity index (χ2n) is 8.00. The molecular formula is C23H22FN7O2. The molecule has 1 aliphatic heterocycles. The topological polar surface area (TPSA) is 111 Å². The van der Waals surface area contributed by atoms with E-state index >= 15 is 0 Å². The first-order valence-corrected chi connectivity index (χ1v) is 10.7. The van der Waals surface area contributed by atoms with E-state index in [-0.39, 0.29) is 23.1 Å². The summed E-state index contributed by atoms with van der Waals surface area (Å²) in [6.45, 7) is 5.08. The Hall–Kier alpha value is -4.08. The minimum atomic E-state index is -0.705. The van der Waals surface area contributed by atoms with Crippen molar-refractivity contribution in [1.82, 2.24) is 29.3 Å². The first kappa shape index (κ1) is 20.8. The predicted octanol–water partition coefficient (Wildman–Crippen LogP) is 2.61. The highest BCUT2D eigenvalue weighted by atomic mass is 19.1. The molecule has 1 unspecified atom stereocenters. The Morgan fingerprint density at radius 3 is 2.73 bits per heavy atom. The molecule has 1 atom stereocenters. The smallest absolute Gasteiger partial charge is 0.273 e. The molecule has 4 heterocycles. The van der Waals surface area contributed by atoms with Crippen molar-refractivity contribution >= 4 is 17.5 Å². The molecule has 1 aromatic carbocycles. The molecule has 3 aromatic heterocycles. The number of aryl methyl sites for hydroxylation is 1. The zero-order valence-corrected chi connectivity index (χ0v) is 18.2. The fourth-order valence-corrected chi connectivity index (χ4v) is 4.27. The van der Waals surface area contributed by atoms with Crippen LogP contribution >= 0.6 is 0 Å². The van der Waals surface area contributed by atoms with E-state index < -0.39 is 11.7 Å². The molecular weight excluding hydrogens is 425 g/mol. The van der Waals surface area contributed by atoms with Crippen LogP contribution in [-0.2, 0) is 13.0 Å². The maximum absolute atomic E-state index is 14.6. The van der Waals surface area contributed by atoms with E-state index in [0.29, 0.717) is 36.5 Å². The molecule has 0 aliphatic carbocycles. The number of rotatable bonds is 4. The molecule has 10 heteroatoms. The van der Waals surface area contributed by atoms with E-state index in [1.165, 1.54) is 12.1 Å². The molecule has 1 aliphatic rings. The van der Waals surface area contributed by atoms with Crippen LogP contribution in [0.15, 0.2) is 42.6 Å². The summed E-state index contributed by atoms with van der Waals surface area (Å²) in [6, 6.07) is 9.16. The minimum Gasteiger partial charge on any atom is -0.366 e. The number of carbonyl (C=O) groups excluding carboxylic acids is 2. The second-order valence-corrected chi connectivity index (χ2v) is 8.00. The van der Waals surface area contributed by atoms with Crippen molar-refractivity contribution in [3.8, 4) is 11.3 Å². The highest BCUT2D eigenvalue weighted by Gasteiger charge is 2.30. The van der Waals surface area contributed by atoms with Crippen LogP contribution < -0.4 is 5.73 Å². The summed E-state index contributed by atoms with van der Waals surface area (Å²) < 4.78 is 18.2. The lowest BCUT2D eigenvalue weighted by Gasteiger charge is -2.33. The summed E-state index contributed by atoms with van der Waals surface area (Å²) in [4.78, 5) is 31.0. The number of nitrogens with zero attached hydrogens (tertiary/aromatic N) is 6. The Bertz CT molecular complexity index is 1410. The van der Waals surface area contributed by atoms with Gasteiger partial charge in [-0.05, 0) is 43.7 Å². The molecule has 9 nitrogen and oxygen atoms in total. The number of primary amides is 1. The third kappa shape index (κ3) is 3.43. The maximum Gasteiger partial charge on any atom is 0.273 e. The van der Waals surface area contributed by atoms with Crippen LogP contribution in [0.25, 0.3) is 16.9 Å². The molecule has 0 saturated heterocycles. The van der Waals surface area contributed by atoms with Gasteiger partial charge in [0.05, 0.1) is 24.0 Å². The first-order valence-electron chi connectivity index (χ1n) is 10.7. The standard InChI is InChI=1S/C23H22FN7O2/c1-3-15-11-19(23(33)29-8-9-30-20(13(29)2)6-7-26-30)27-21-12-18(28-31(15)21)16-5-4-14(22(25)32)10-17(16)24/h4-7,10-13H,3,8-9H2,1-2H3,(H2,25,32). The normalized spacial score (nSPS) is 15.6. The van der Waals surface area contributed by atoms with Gasteiger partial charge in [0.15, 0.2) is 5.65 Å². The number of nitrogens with two attached hydrogens (primary N) is 1. The van der Waals surface area contributed by atoms with E-state index in [2.05, 4.69) is 15.2 Å². The summed E-state index contributed by atoms with van der Waals surface area (Å²) in [5.41, 5.74) is 8.40. The van der Waals surface area contributed by atoms with Gasteiger partial charge in [0.25, 0.3) is 5.91 Å². The van der Waals surface area contributed by atoms with Gasteiger partial charge in [-0.2, -0.15) is 10.2 Å². The van der Waals surface area contributed by atoms with Crippen LogP contribution in [0.2, 0.25) is 0 Å². The van der Waals surface area contributed by atoms with E-state index in [1.54, 1.807) is 27.7 Å². The number of benzene rings is 1. The Labute approximate surface area is 188 Å². The molecule has 168 valence electrons. The Morgan fingerprint density at radius 1 is 1.18 bits per heavy atom. The van der Waals surface area contributed by atoms with Gasteiger partial charge in [-0.3, -0.25) is 14.3 Å². The average Bonchev–Trinajstić information content (AvgIpc) is 3.45. The lowest BCUT2D eigenvalue weighted by atomic mass is 10.1. The second kappa shape index (κ2) is 7.80. The van der Waals surface area contributed by atoms with E-state index in [9.17, 15) is 14.0 Å². The van der Waals surface area contributed by atoms with Crippen molar-refractivity contribution < 1.29 is 14.0 Å². The number of carbonyl (C=O) groups is 2. The maximum atomic E-state index is 14.6. The lowest BCUT2D eigenvalue weighted by Crippen LogP contribution is -2.41. The van der Waals surface area contributed by atoms with Gasteiger partial charge in [-0.25, -0.2) is 13.9 Å². The molecule has 0 spiro atoms. The Kier molecular flexibility index (Phi) is 4.92. The zero-order chi connectivity index (χ0) is 23.3. The highest BCUT2D eigenvalue weighted by Crippen LogP contribution is 2.27. The van der Waals surface area contributed by atoms with Crippen LogP contribution in [0.3, 0.4) is 0 Å². The molecule has 0 radical (unpaired) electrons. The van der Waals surface area contributed by atoms with Crippen molar-refractivity contribution in [2.24, 2.45) is 5.73 Å². The van der Waals surface area contributed by atoms with E-state index in [1.807, 2.05) is 24.6 Å². The van der Waals surface area contributed by atoms with Crippen molar-refractivity contribution in [1.29, 1.82) is 0 Å². The summed E-state index contributed by atoms with van der Waals surface area (Å²) in [5.74, 6) is -1.49. The fraction of sp³-hybridized carbons (Fsp3) is 0.261. The molecule has 2 amide bonds. The van der Waals surface area contributed by atoms with Gasteiger partial charge in [0, 0.05) is 35.6 Å². The summed E-state index contributed by atoms with van der Waals surface area (Å²) in [6.07, 6.45) is 2.34. The fourth-order valence-electron chi connectivity index (χ4n) is 4.27. The van der Waals surface area contributed by atoms with Crippen LogP contribution in [0.4, 0.5) is 4.39 Å². The number of hydrogen-bond acceptors (Lipinski definition) is 5. The minimum absolute atomic E-state index is 0.0808. The zero-order valence-electron chi connectivity index (χ0n) is 18.2. The molecule has 0 fully saturated rings. The molecule has 33 heavy (non-hydrogen) atoms. The molecule has 0 saturated carbocycles. The van der Waals surface area contributed by atoms with Gasteiger partial charge < -0.3 is 10.6 Å². The summed E-state index contributed by atoms with van der Waals surface area (Å²) >= 11 is 0. The quantitative estimate of drug-likeness (QED) is 0.517. The SMILES string of the molecule is CCc1cc(C(=O)N2CCn3nccc3C2C)nc2cc(-c3ccc(C(N)=O)cc3F)nn12. The van der Waals surface area contributed by atoms with E-state index in [0.717, 1.165) is 17.5 Å². The predicted molar refractivity (Wildman–Crippen MR) is 118 cm³/mol. The van der Waals surface area contributed by atoms with Gasteiger partial charge in [-0.1, -0.05) is 6.92 Å². The van der Waals surface area contributed by atoms with Gasteiger partial charge in [0.1, 0.15) is 11.5 Å². The first-order chi connectivity index (χ1) is 15.9. The number of aromatic nitrogens is 5. The van der Waals surface area contributed by atoms with Crippen molar-refractivity contribution in [2.45, 2.75) is 32.9 Å². The lowest BCUT2D eigenvalue weighted by molar-refractivity contribution is 0.0630. The van der Waals surface area contributed by atoms with Gasteiger partial charge >= 0.3 is 0 Å². The third-order valence-electron chi connectivity index (χ3n) is 6.07. The monoisotopic (exact) mass is 447 g/mol. The van der Waals surface area contributed by atoms with Crippen LogP contribution in [0, 0.1) is 5.82 Å². The number of fused-ring (bicyclic) bond motifs is 2. The van der Waals surface area contributed by atoms with Crippen molar-refractivity contribution in [2.75, 3.05) is 6.54 Å². The van der Waals surface area contributed by atoms with Gasteiger partial charge in [-0.15, -0.1) is 0 Å². The molecule has 2 N–H and O–H groups in total.